The van der Waals surface area contributed by atoms with Gasteiger partial charge in [0.15, 0.2) is 11.6 Å². The molecule has 0 radical (unpaired) electrons. The molecule has 0 unspecified atom stereocenters. The Morgan fingerprint density at radius 3 is 1.88 bits per heavy atom. The van der Waals surface area contributed by atoms with E-state index in [2.05, 4.69) is 9.44 Å². The van der Waals surface area contributed by atoms with Gasteiger partial charge in [-0.2, -0.15) is 0 Å². The number of nitrogens with one attached hydrogen (secondary N) is 2. The Hall–Kier alpha value is -3.38. The van der Waals surface area contributed by atoms with Gasteiger partial charge >= 0.3 is 0 Å². The molecule has 0 aliphatic carbocycles. The summed E-state index contributed by atoms with van der Waals surface area (Å²) >= 11 is 0. The highest BCUT2D eigenvalue weighted by molar-refractivity contribution is 7.93. The van der Waals surface area contributed by atoms with Gasteiger partial charge in [0.1, 0.15) is 11.5 Å². The number of hydrogen-bond acceptors (Lipinski definition) is 6. The second-order valence-electron chi connectivity index (χ2n) is 6.38. The lowest BCUT2D eigenvalue weighted by molar-refractivity contribution is 0.415. The van der Waals surface area contributed by atoms with E-state index < -0.39 is 36.6 Å². The summed E-state index contributed by atoms with van der Waals surface area (Å²) in [4.78, 5) is -0.819. The lowest BCUT2D eigenvalue weighted by atomic mass is 10.3. The van der Waals surface area contributed by atoms with Crippen molar-refractivity contribution in [3.05, 3.63) is 72.3 Å². The maximum absolute atomic E-state index is 13.5. The normalized spacial score (nSPS) is 11.6. The molecule has 12 heteroatoms. The quantitative estimate of drug-likeness (QED) is 0.506. The number of hydrogen-bond donors (Lipinski definition) is 2. The van der Waals surface area contributed by atoms with Crippen molar-refractivity contribution in [2.75, 3.05) is 23.7 Å². The highest BCUT2D eigenvalue weighted by Crippen LogP contribution is 2.31. The van der Waals surface area contributed by atoms with Crippen molar-refractivity contribution in [1.29, 1.82) is 0 Å². The van der Waals surface area contributed by atoms with Gasteiger partial charge in [-0.15, -0.1) is 0 Å². The monoisotopic (exact) mass is 484 g/mol. The highest BCUT2D eigenvalue weighted by atomic mass is 32.2. The minimum absolute atomic E-state index is 0.0135. The first kappa shape index (κ1) is 23.3. The maximum Gasteiger partial charge on any atom is 0.262 e. The molecule has 2 N–H and O–H groups in total. The van der Waals surface area contributed by atoms with Crippen LogP contribution >= 0.6 is 0 Å². The van der Waals surface area contributed by atoms with Crippen molar-refractivity contribution in [3.63, 3.8) is 0 Å². The summed E-state index contributed by atoms with van der Waals surface area (Å²) in [5, 5.41) is 0. The standard InChI is InChI=1S/C20H18F2N2O6S2/c1-29-14-5-3-13(4-6-14)23-31(25,26)16-8-10-20(30-2)19(12-16)24-32(27,28)15-7-9-17(21)18(22)11-15/h3-12,23-24H,1-2H3. The molecule has 0 atom stereocenters. The SMILES string of the molecule is COc1ccc(NS(=O)(=O)c2ccc(OC)c(NS(=O)(=O)c3ccc(F)c(F)c3)c2)cc1. The van der Waals surface area contributed by atoms with Crippen molar-refractivity contribution < 1.29 is 35.1 Å². The van der Waals surface area contributed by atoms with Crippen LogP contribution in [0, 0.1) is 11.6 Å². The second-order valence-corrected chi connectivity index (χ2v) is 9.74. The summed E-state index contributed by atoms with van der Waals surface area (Å²) in [5.74, 6) is -2.01. The predicted octanol–water partition coefficient (Wildman–Crippen LogP) is 3.58. The van der Waals surface area contributed by atoms with Crippen LogP contribution < -0.4 is 18.9 Å². The zero-order valence-corrected chi connectivity index (χ0v) is 18.4. The topological polar surface area (TPSA) is 111 Å². The first-order chi connectivity index (χ1) is 15.1. The molecule has 0 aliphatic rings. The summed E-state index contributed by atoms with van der Waals surface area (Å²) in [6, 6.07) is 11.7. The zero-order chi connectivity index (χ0) is 23.5. The predicted molar refractivity (Wildman–Crippen MR) is 114 cm³/mol. The molecule has 8 nitrogen and oxygen atoms in total. The molecule has 3 aromatic carbocycles. The summed E-state index contributed by atoms with van der Waals surface area (Å²) in [7, 11) is -5.75. The molecular weight excluding hydrogens is 466 g/mol. The minimum atomic E-state index is -4.38. The Kier molecular flexibility index (Phi) is 6.55. The molecule has 3 aromatic rings. The van der Waals surface area contributed by atoms with Crippen LogP contribution in [0.5, 0.6) is 11.5 Å². The number of methoxy groups -OCH3 is 2. The molecule has 0 saturated carbocycles. The van der Waals surface area contributed by atoms with Crippen LogP contribution in [0.3, 0.4) is 0 Å². The average Bonchev–Trinajstić information content (AvgIpc) is 2.75. The van der Waals surface area contributed by atoms with Gasteiger partial charge in [-0.05, 0) is 60.7 Å². The molecular formula is C20H18F2N2O6S2. The lowest BCUT2D eigenvalue weighted by Crippen LogP contribution is -2.16. The summed E-state index contributed by atoms with van der Waals surface area (Å²) in [6.07, 6.45) is 0. The van der Waals surface area contributed by atoms with Crippen molar-refractivity contribution in [2.45, 2.75) is 9.79 Å². The maximum atomic E-state index is 13.5. The third kappa shape index (κ3) is 5.08. The van der Waals surface area contributed by atoms with E-state index >= 15 is 0 Å². The number of sulfonamides is 2. The fraction of sp³-hybridized carbons (Fsp3) is 0.100. The number of ether oxygens (including phenoxy) is 2. The minimum Gasteiger partial charge on any atom is -0.497 e. The molecule has 170 valence electrons. The molecule has 0 saturated heterocycles. The molecule has 3 rings (SSSR count). The van der Waals surface area contributed by atoms with Gasteiger partial charge in [-0.3, -0.25) is 9.44 Å². The van der Waals surface area contributed by atoms with Crippen molar-refractivity contribution in [1.82, 2.24) is 0 Å². The van der Waals surface area contributed by atoms with E-state index in [0.717, 1.165) is 12.1 Å². The van der Waals surface area contributed by atoms with E-state index in [1.165, 1.54) is 38.5 Å². The van der Waals surface area contributed by atoms with E-state index in [1.807, 2.05) is 0 Å². The molecule has 0 amide bonds. The number of benzene rings is 3. The van der Waals surface area contributed by atoms with Crippen LogP contribution in [0.15, 0.2) is 70.5 Å². The Morgan fingerprint density at radius 2 is 1.28 bits per heavy atom. The Bertz CT molecular complexity index is 1350. The van der Waals surface area contributed by atoms with Gasteiger partial charge in [-0.25, -0.2) is 25.6 Å². The van der Waals surface area contributed by atoms with E-state index in [-0.39, 0.29) is 22.0 Å². The van der Waals surface area contributed by atoms with Crippen molar-refractivity contribution in [3.8, 4) is 11.5 Å². The smallest absolute Gasteiger partial charge is 0.262 e. The fourth-order valence-corrected chi connectivity index (χ4v) is 4.81. The molecule has 0 fully saturated rings. The van der Waals surface area contributed by atoms with E-state index in [4.69, 9.17) is 9.47 Å². The van der Waals surface area contributed by atoms with Crippen LogP contribution in [0.1, 0.15) is 0 Å². The Labute approximate surface area is 183 Å². The Morgan fingerprint density at radius 1 is 0.688 bits per heavy atom. The molecule has 0 heterocycles. The summed E-state index contributed by atoms with van der Waals surface area (Å²) in [6.45, 7) is 0. The van der Waals surface area contributed by atoms with Gasteiger partial charge < -0.3 is 9.47 Å². The van der Waals surface area contributed by atoms with E-state index in [9.17, 15) is 25.6 Å². The van der Waals surface area contributed by atoms with Crippen LogP contribution in [-0.2, 0) is 20.0 Å². The average molecular weight is 485 g/mol. The van der Waals surface area contributed by atoms with Gasteiger partial charge in [0.2, 0.25) is 0 Å². The zero-order valence-electron chi connectivity index (χ0n) is 16.8. The molecule has 0 bridgehead atoms. The molecule has 0 aliphatic heterocycles. The van der Waals surface area contributed by atoms with Crippen molar-refractivity contribution >= 4 is 31.4 Å². The van der Waals surface area contributed by atoms with Crippen molar-refractivity contribution in [2.24, 2.45) is 0 Å². The van der Waals surface area contributed by atoms with Gasteiger partial charge in [-0.1, -0.05) is 0 Å². The van der Waals surface area contributed by atoms with Crippen LogP contribution in [-0.4, -0.2) is 31.1 Å². The number of halogens is 2. The van der Waals surface area contributed by atoms with Gasteiger partial charge in [0.05, 0.1) is 29.7 Å². The van der Waals surface area contributed by atoms with Gasteiger partial charge in [0, 0.05) is 5.69 Å². The first-order valence-electron chi connectivity index (χ1n) is 8.88. The lowest BCUT2D eigenvalue weighted by Gasteiger charge is -2.14. The largest absolute Gasteiger partial charge is 0.497 e. The third-order valence-corrected chi connectivity index (χ3v) is 7.01. The van der Waals surface area contributed by atoms with Crippen LogP contribution in [0.25, 0.3) is 0 Å². The number of anilines is 2. The molecule has 0 spiro atoms. The van der Waals surface area contributed by atoms with Gasteiger partial charge in [0.25, 0.3) is 20.0 Å². The Balaban J connectivity index is 1.94. The summed E-state index contributed by atoms with van der Waals surface area (Å²) < 4.78 is 92.0. The van der Waals surface area contributed by atoms with E-state index in [1.54, 1.807) is 12.1 Å². The molecule has 0 aromatic heterocycles. The third-order valence-electron chi connectivity index (χ3n) is 4.27. The summed E-state index contributed by atoms with van der Waals surface area (Å²) in [5.41, 5.74) is 0.0420. The highest BCUT2D eigenvalue weighted by Gasteiger charge is 2.22. The van der Waals surface area contributed by atoms with Crippen LogP contribution in [0.4, 0.5) is 20.2 Å². The first-order valence-corrected chi connectivity index (χ1v) is 11.8. The van der Waals surface area contributed by atoms with Crippen LogP contribution in [0.2, 0.25) is 0 Å². The second kappa shape index (κ2) is 9.01. The fourth-order valence-electron chi connectivity index (χ4n) is 2.65. The molecule has 32 heavy (non-hydrogen) atoms. The number of rotatable bonds is 8. The van der Waals surface area contributed by atoms with E-state index in [0.29, 0.717) is 17.9 Å².